The van der Waals surface area contributed by atoms with E-state index in [1.165, 1.54) is 16.2 Å². The second-order valence-corrected chi connectivity index (χ2v) is 7.23. The largest absolute Gasteiger partial charge is 0.352 e. The molecule has 0 aliphatic rings. The zero-order valence-corrected chi connectivity index (χ0v) is 16.4. The van der Waals surface area contributed by atoms with Crippen LogP contribution in [-0.2, 0) is 4.79 Å². The minimum Gasteiger partial charge on any atom is -0.352 e. The van der Waals surface area contributed by atoms with Gasteiger partial charge in [-0.3, -0.25) is 14.9 Å². The number of likely N-dealkylation sites (N-methyl/N-ethyl adjacent to an activating group) is 1. The van der Waals surface area contributed by atoms with Gasteiger partial charge in [0.25, 0.3) is 5.91 Å². The van der Waals surface area contributed by atoms with E-state index >= 15 is 0 Å². The third-order valence-corrected chi connectivity index (χ3v) is 4.53. The molecule has 2 aromatic rings. The van der Waals surface area contributed by atoms with E-state index in [1.54, 1.807) is 24.3 Å². The standard InChI is InChI=1S/C19H24N4O3S/c1-4-23(12-16(24)20-13(2)3)18(25)15-10-11-17(27-15)22-19(26)21-14-8-6-5-7-9-14/h5-11,13H,4,12H2,1-3H3,(H,20,24)(H2,21,22,26). The van der Waals surface area contributed by atoms with Crippen molar-refractivity contribution in [2.24, 2.45) is 0 Å². The maximum absolute atomic E-state index is 12.6. The molecular weight excluding hydrogens is 364 g/mol. The minimum absolute atomic E-state index is 0.00265. The summed E-state index contributed by atoms with van der Waals surface area (Å²) in [5, 5.41) is 8.75. The van der Waals surface area contributed by atoms with E-state index in [9.17, 15) is 14.4 Å². The molecule has 1 heterocycles. The molecule has 0 spiro atoms. The lowest BCUT2D eigenvalue weighted by molar-refractivity contribution is -0.122. The van der Waals surface area contributed by atoms with E-state index in [4.69, 9.17) is 0 Å². The van der Waals surface area contributed by atoms with Crippen LogP contribution in [0.5, 0.6) is 0 Å². The number of anilines is 2. The van der Waals surface area contributed by atoms with Crippen LogP contribution >= 0.6 is 11.3 Å². The molecule has 0 bridgehead atoms. The van der Waals surface area contributed by atoms with Crippen molar-refractivity contribution < 1.29 is 14.4 Å². The molecule has 0 saturated heterocycles. The van der Waals surface area contributed by atoms with Crippen molar-refractivity contribution in [1.29, 1.82) is 0 Å². The summed E-state index contributed by atoms with van der Waals surface area (Å²) in [6, 6.07) is 12.0. The SMILES string of the molecule is CCN(CC(=O)NC(C)C)C(=O)c1ccc(NC(=O)Nc2ccccc2)s1. The lowest BCUT2D eigenvalue weighted by atomic mass is 10.3. The van der Waals surface area contributed by atoms with Gasteiger partial charge in [-0.1, -0.05) is 18.2 Å². The highest BCUT2D eigenvalue weighted by molar-refractivity contribution is 7.18. The molecule has 0 aliphatic carbocycles. The second-order valence-electron chi connectivity index (χ2n) is 6.15. The van der Waals surface area contributed by atoms with Crippen LogP contribution in [0.3, 0.4) is 0 Å². The number of hydrogen-bond acceptors (Lipinski definition) is 4. The number of thiophene rings is 1. The first-order valence-corrected chi connectivity index (χ1v) is 9.52. The summed E-state index contributed by atoms with van der Waals surface area (Å²) in [4.78, 5) is 38.5. The van der Waals surface area contributed by atoms with Gasteiger partial charge in [0.1, 0.15) is 0 Å². The molecule has 8 heteroatoms. The fraction of sp³-hybridized carbons (Fsp3) is 0.316. The molecule has 2 rings (SSSR count). The van der Waals surface area contributed by atoms with Gasteiger partial charge in [-0.2, -0.15) is 0 Å². The zero-order chi connectivity index (χ0) is 19.8. The number of hydrogen-bond donors (Lipinski definition) is 3. The van der Waals surface area contributed by atoms with Crippen LogP contribution in [-0.4, -0.2) is 41.9 Å². The molecule has 0 saturated carbocycles. The van der Waals surface area contributed by atoms with Crippen LogP contribution in [0, 0.1) is 0 Å². The topological polar surface area (TPSA) is 90.5 Å². The average Bonchev–Trinajstić information content (AvgIpc) is 3.07. The van der Waals surface area contributed by atoms with Gasteiger partial charge in [-0.05, 0) is 45.0 Å². The Morgan fingerprint density at radius 1 is 1.04 bits per heavy atom. The van der Waals surface area contributed by atoms with E-state index < -0.39 is 0 Å². The van der Waals surface area contributed by atoms with Crippen molar-refractivity contribution in [3.8, 4) is 0 Å². The predicted octanol–water partition coefficient (Wildman–Crippen LogP) is 3.38. The van der Waals surface area contributed by atoms with Crippen LogP contribution < -0.4 is 16.0 Å². The summed E-state index contributed by atoms with van der Waals surface area (Å²) in [7, 11) is 0. The maximum Gasteiger partial charge on any atom is 0.324 e. The molecule has 0 fully saturated rings. The maximum atomic E-state index is 12.6. The molecular formula is C19H24N4O3S. The van der Waals surface area contributed by atoms with Crippen LogP contribution in [0.25, 0.3) is 0 Å². The summed E-state index contributed by atoms with van der Waals surface area (Å²) >= 11 is 1.17. The molecule has 1 aromatic carbocycles. The highest BCUT2D eigenvalue weighted by Crippen LogP contribution is 2.23. The van der Waals surface area contributed by atoms with Crippen LogP contribution in [0.1, 0.15) is 30.4 Å². The summed E-state index contributed by atoms with van der Waals surface area (Å²) in [5.41, 5.74) is 0.677. The van der Waals surface area contributed by atoms with Gasteiger partial charge in [0.2, 0.25) is 5.91 Å². The molecule has 1 aromatic heterocycles. The van der Waals surface area contributed by atoms with Crippen molar-refractivity contribution in [2.75, 3.05) is 23.7 Å². The predicted molar refractivity (Wildman–Crippen MR) is 108 cm³/mol. The van der Waals surface area contributed by atoms with Gasteiger partial charge >= 0.3 is 6.03 Å². The number of nitrogens with zero attached hydrogens (tertiary/aromatic N) is 1. The molecule has 0 aliphatic heterocycles. The summed E-state index contributed by atoms with van der Waals surface area (Å²) in [5.74, 6) is -0.435. The Hall–Kier alpha value is -2.87. The molecule has 27 heavy (non-hydrogen) atoms. The van der Waals surface area contributed by atoms with Crippen molar-refractivity contribution in [2.45, 2.75) is 26.8 Å². The fourth-order valence-corrected chi connectivity index (χ4v) is 3.21. The average molecular weight is 388 g/mol. The van der Waals surface area contributed by atoms with Crippen molar-refractivity contribution >= 4 is 39.9 Å². The zero-order valence-electron chi connectivity index (χ0n) is 15.6. The van der Waals surface area contributed by atoms with Crippen LogP contribution in [0.2, 0.25) is 0 Å². The van der Waals surface area contributed by atoms with Gasteiger partial charge < -0.3 is 15.5 Å². The molecule has 144 valence electrons. The van der Waals surface area contributed by atoms with Crippen molar-refractivity contribution in [3.05, 3.63) is 47.3 Å². The molecule has 4 amide bonds. The van der Waals surface area contributed by atoms with Gasteiger partial charge in [-0.15, -0.1) is 11.3 Å². The molecule has 0 radical (unpaired) electrons. The van der Waals surface area contributed by atoms with Gasteiger partial charge in [0.15, 0.2) is 0 Å². The van der Waals surface area contributed by atoms with E-state index in [0.717, 1.165) is 0 Å². The second kappa shape index (κ2) is 9.72. The van der Waals surface area contributed by atoms with Gasteiger partial charge in [-0.25, -0.2) is 4.79 Å². The molecule has 3 N–H and O–H groups in total. The molecule has 0 unspecified atom stereocenters. The smallest absolute Gasteiger partial charge is 0.324 e. The number of amides is 4. The monoisotopic (exact) mass is 388 g/mol. The Morgan fingerprint density at radius 3 is 2.37 bits per heavy atom. The number of para-hydroxylation sites is 1. The Balaban J connectivity index is 1.95. The fourth-order valence-electron chi connectivity index (χ4n) is 2.34. The summed E-state index contributed by atoms with van der Waals surface area (Å²) in [6.07, 6.45) is 0. The van der Waals surface area contributed by atoms with E-state index in [-0.39, 0.29) is 30.4 Å². The van der Waals surface area contributed by atoms with Gasteiger partial charge in [0, 0.05) is 18.3 Å². The van der Waals surface area contributed by atoms with Crippen molar-refractivity contribution in [3.63, 3.8) is 0 Å². The third-order valence-electron chi connectivity index (χ3n) is 3.54. The van der Waals surface area contributed by atoms with Crippen molar-refractivity contribution in [1.82, 2.24) is 10.2 Å². The lowest BCUT2D eigenvalue weighted by Gasteiger charge is -2.20. The number of carbonyl (C=O) groups excluding carboxylic acids is 3. The van der Waals surface area contributed by atoms with Crippen LogP contribution in [0.15, 0.2) is 42.5 Å². The first kappa shape index (κ1) is 20.4. The number of benzene rings is 1. The van der Waals surface area contributed by atoms with Gasteiger partial charge in [0.05, 0.1) is 16.4 Å². The molecule has 0 atom stereocenters. The number of nitrogens with one attached hydrogen (secondary N) is 3. The highest BCUT2D eigenvalue weighted by atomic mass is 32.1. The number of urea groups is 1. The minimum atomic E-state index is -0.384. The Labute approximate surface area is 162 Å². The Kier molecular flexibility index (Phi) is 7.36. The Bertz CT molecular complexity index is 789. The quantitative estimate of drug-likeness (QED) is 0.679. The van der Waals surface area contributed by atoms with E-state index in [2.05, 4.69) is 16.0 Å². The Morgan fingerprint density at radius 2 is 1.74 bits per heavy atom. The van der Waals surface area contributed by atoms with E-state index in [0.29, 0.717) is 22.1 Å². The molecule has 7 nitrogen and oxygen atoms in total. The lowest BCUT2D eigenvalue weighted by Crippen LogP contribution is -2.42. The highest BCUT2D eigenvalue weighted by Gasteiger charge is 2.19. The third kappa shape index (κ3) is 6.41. The summed E-state index contributed by atoms with van der Waals surface area (Å²) < 4.78 is 0. The first-order chi connectivity index (χ1) is 12.9. The normalized spacial score (nSPS) is 10.4. The number of carbonyl (C=O) groups is 3. The summed E-state index contributed by atoms with van der Waals surface area (Å²) in [6.45, 7) is 5.98. The van der Waals surface area contributed by atoms with Crippen LogP contribution in [0.4, 0.5) is 15.5 Å². The first-order valence-electron chi connectivity index (χ1n) is 8.70. The van der Waals surface area contributed by atoms with E-state index in [1.807, 2.05) is 39.0 Å². The number of rotatable bonds is 7.